The van der Waals surface area contributed by atoms with E-state index in [2.05, 4.69) is 12.1 Å². The third-order valence-electron chi connectivity index (χ3n) is 5.21. The van der Waals surface area contributed by atoms with E-state index in [1.807, 2.05) is 0 Å². The lowest BCUT2D eigenvalue weighted by atomic mass is 9.88. The minimum Gasteiger partial charge on any atom is -0.386 e. The molecule has 136 valence electrons. The lowest BCUT2D eigenvalue weighted by molar-refractivity contribution is -0.159. The molecule has 0 radical (unpaired) electrons. The molecule has 0 saturated carbocycles. The van der Waals surface area contributed by atoms with Crippen molar-refractivity contribution in [2.45, 2.75) is 70.3 Å². The minimum atomic E-state index is -0.992. The predicted molar refractivity (Wildman–Crippen MR) is 95.3 cm³/mol. The van der Waals surface area contributed by atoms with Crippen LogP contribution in [0.3, 0.4) is 0 Å². The summed E-state index contributed by atoms with van der Waals surface area (Å²) in [6.45, 7) is 2.05. The summed E-state index contributed by atoms with van der Waals surface area (Å²) in [4.78, 5) is 29.6. The van der Waals surface area contributed by atoms with Gasteiger partial charge in [0.25, 0.3) is 0 Å². The van der Waals surface area contributed by atoms with Gasteiger partial charge in [-0.3, -0.25) is 14.6 Å². The van der Waals surface area contributed by atoms with E-state index in [0.717, 1.165) is 37.8 Å². The van der Waals surface area contributed by atoms with Crippen molar-refractivity contribution < 1.29 is 14.7 Å². The number of aromatic nitrogens is 1. The van der Waals surface area contributed by atoms with E-state index in [0.29, 0.717) is 6.42 Å². The molecule has 5 heteroatoms. The molecule has 1 saturated heterocycles. The SMILES string of the molecule is CC(=O)CC1(O)CN(C(=O)CCCCc2ccc3c(n2)CCCC3)C1. The van der Waals surface area contributed by atoms with Crippen LogP contribution in [0, 0.1) is 0 Å². The van der Waals surface area contributed by atoms with Gasteiger partial charge in [0, 0.05) is 24.2 Å². The number of aliphatic hydroxyl groups is 1. The number of Topliss-reactive ketones (excluding diaryl/α,β-unsaturated/α-hetero) is 1. The Balaban J connectivity index is 1.36. The Morgan fingerprint density at radius 2 is 1.96 bits per heavy atom. The zero-order valence-electron chi connectivity index (χ0n) is 15.1. The number of nitrogens with zero attached hydrogens (tertiary/aromatic N) is 2. The van der Waals surface area contributed by atoms with Crippen LogP contribution in [0.15, 0.2) is 12.1 Å². The molecule has 0 spiro atoms. The van der Waals surface area contributed by atoms with Crippen LogP contribution >= 0.6 is 0 Å². The van der Waals surface area contributed by atoms with E-state index < -0.39 is 5.60 Å². The van der Waals surface area contributed by atoms with Gasteiger partial charge >= 0.3 is 0 Å². The van der Waals surface area contributed by atoms with Crippen molar-refractivity contribution in [1.29, 1.82) is 0 Å². The number of hydrogen-bond donors (Lipinski definition) is 1. The molecule has 1 aliphatic heterocycles. The highest BCUT2D eigenvalue weighted by molar-refractivity contribution is 5.80. The van der Waals surface area contributed by atoms with Crippen molar-refractivity contribution in [1.82, 2.24) is 9.88 Å². The third kappa shape index (κ3) is 4.66. The van der Waals surface area contributed by atoms with Crippen LogP contribution in [0.4, 0.5) is 0 Å². The van der Waals surface area contributed by atoms with Crippen LogP contribution in [0.2, 0.25) is 0 Å². The number of hydrogen-bond acceptors (Lipinski definition) is 4. The third-order valence-corrected chi connectivity index (χ3v) is 5.21. The minimum absolute atomic E-state index is 0.0350. The average Bonchev–Trinajstić information content (AvgIpc) is 2.55. The number of carbonyl (C=O) groups is 2. The maximum atomic E-state index is 12.1. The normalized spacial score (nSPS) is 18.4. The number of fused-ring (bicyclic) bond motifs is 1. The molecule has 5 nitrogen and oxygen atoms in total. The highest BCUT2D eigenvalue weighted by Gasteiger charge is 2.43. The molecule has 0 unspecified atom stereocenters. The first-order chi connectivity index (χ1) is 12.0. The van der Waals surface area contributed by atoms with Gasteiger partial charge in [0.05, 0.1) is 13.1 Å². The van der Waals surface area contributed by atoms with E-state index in [1.165, 1.54) is 31.0 Å². The largest absolute Gasteiger partial charge is 0.386 e. The Morgan fingerprint density at radius 3 is 2.72 bits per heavy atom. The van der Waals surface area contributed by atoms with Crippen LogP contribution in [-0.2, 0) is 28.9 Å². The fourth-order valence-corrected chi connectivity index (χ4v) is 3.92. The van der Waals surface area contributed by atoms with Crippen molar-refractivity contribution in [2.24, 2.45) is 0 Å². The number of unbranched alkanes of at least 4 members (excludes halogenated alkanes) is 1. The first-order valence-electron chi connectivity index (χ1n) is 9.42. The number of pyridine rings is 1. The Bertz CT molecular complexity index is 650. The number of β-amino-alcohol motifs (C(OH)–C–C–N with tert-alkyl or cyclic N) is 1. The fraction of sp³-hybridized carbons (Fsp3) is 0.650. The zero-order valence-corrected chi connectivity index (χ0v) is 15.1. The molecule has 2 aliphatic rings. The lowest BCUT2D eigenvalue weighted by Crippen LogP contribution is -2.64. The molecule has 0 aromatic carbocycles. The molecule has 1 N–H and O–H groups in total. The second-order valence-corrected chi connectivity index (χ2v) is 7.68. The first-order valence-corrected chi connectivity index (χ1v) is 9.42. The van der Waals surface area contributed by atoms with Gasteiger partial charge in [-0.25, -0.2) is 0 Å². The Kier molecular flexibility index (Phi) is 5.52. The molecule has 0 bridgehead atoms. The molecule has 1 aromatic rings. The number of ketones is 1. The summed E-state index contributed by atoms with van der Waals surface area (Å²) in [5.74, 6) is 0.0405. The zero-order chi connectivity index (χ0) is 17.9. The first kappa shape index (κ1) is 18.1. The van der Waals surface area contributed by atoms with E-state index in [-0.39, 0.29) is 31.2 Å². The van der Waals surface area contributed by atoms with Crippen LogP contribution in [0.5, 0.6) is 0 Å². The van der Waals surface area contributed by atoms with Gasteiger partial charge < -0.3 is 10.0 Å². The van der Waals surface area contributed by atoms with Crippen molar-refractivity contribution in [3.63, 3.8) is 0 Å². The summed E-state index contributed by atoms with van der Waals surface area (Å²) >= 11 is 0. The van der Waals surface area contributed by atoms with Crippen molar-refractivity contribution in [3.05, 3.63) is 29.1 Å². The van der Waals surface area contributed by atoms with Gasteiger partial charge in [0.15, 0.2) is 0 Å². The second kappa shape index (κ2) is 7.65. The second-order valence-electron chi connectivity index (χ2n) is 7.68. The highest BCUT2D eigenvalue weighted by Crippen LogP contribution is 2.26. The fourth-order valence-electron chi connectivity index (χ4n) is 3.92. The lowest BCUT2D eigenvalue weighted by Gasteiger charge is -2.46. The van der Waals surface area contributed by atoms with Crippen molar-refractivity contribution >= 4 is 11.7 Å². The molecule has 25 heavy (non-hydrogen) atoms. The monoisotopic (exact) mass is 344 g/mol. The van der Waals surface area contributed by atoms with Crippen molar-refractivity contribution in [3.8, 4) is 0 Å². The molecule has 0 atom stereocenters. The molecule has 1 aromatic heterocycles. The molecule has 1 amide bonds. The van der Waals surface area contributed by atoms with Gasteiger partial charge in [-0.05, 0) is 63.5 Å². The van der Waals surface area contributed by atoms with Gasteiger partial charge in [0.1, 0.15) is 11.4 Å². The van der Waals surface area contributed by atoms with E-state index in [4.69, 9.17) is 4.98 Å². The summed E-state index contributed by atoms with van der Waals surface area (Å²) in [6, 6.07) is 4.35. The number of aryl methyl sites for hydroxylation is 3. The molecule has 3 rings (SSSR count). The molecule has 1 aliphatic carbocycles. The highest BCUT2D eigenvalue weighted by atomic mass is 16.3. The average molecular weight is 344 g/mol. The molecular formula is C20H28N2O3. The molecule has 2 heterocycles. The topological polar surface area (TPSA) is 70.5 Å². The van der Waals surface area contributed by atoms with Gasteiger partial charge in [-0.2, -0.15) is 0 Å². The smallest absolute Gasteiger partial charge is 0.222 e. The number of amides is 1. The standard InChI is InChI=1S/C20H28N2O3/c1-15(23)12-20(25)13-22(14-20)19(24)9-5-3-7-17-11-10-16-6-2-4-8-18(16)21-17/h10-11,25H,2-9,12-14H2,1H3. The summed E-state index contributed by atoms with van der Waals surface area (Å²) < 4.78 is 0. The Hall–Kier alpha value is -1.75. The van der Waals surface area contributed by atoms with Gasteiger partial charge in [0.2, 0.25) is 5.91 Å². The quantitative estimate of drug-likeness (QED) is 0.770. The Morgan fingerprint density at radius 1 is 1.20 bits per heavy atom. The summed E-state index contributed by atoms with van der Waals surface area (Å²) in [6.07, 6.45) is 8.10. The van der Waals surface area contributed by atoms with Crippen LogP contribution in [0.25, 0.3) is 0 Å². The van der Waals surface area contributed by atoms with E-state index in [9.17, 15) is 14.7 Å². The molecular weight excluding hydrogens is 316 g/mol. The summed E-state index contributed by atoms with van der Waals surface area (Å²) in [5, 5.41) is 10.1. The van der Waals surface area contributed by atoms with Crippen LogP contribution in [0.1, 0.15) is 62.4 Å². The summed E-state index contributed by atoms with van der Waals surface area (Å²) in [7, 11) is 0. The number of rotatable bonds is 7. The van der Waals surface area contributed by atoms with Gasteiger partial charge in [-0.1, -0.05) is 6.07 Å². The Labute approximate surface area is 149 Å². The van der Waals surface area contributed by atoms with Crippen LogP contribution < -0.4 is 0 Å². The maximum absolute atomic E-state index is 12.1. The van der Waals surface area contributed by atoms with Crippen molar-refractivity contribution in [2.75, 3.05) is 13.1 Å². The van der Waals surface area contributed by atoms with Crippen LogP contribution in [-0.4, -0.2) is 45.4 Å². The number of likely N-dealkylation sites (tertiary alicyclic amines) is 1. The van der Waals surface area contributed by atoms with Gasteiger partial charge in [-0.15, -0.1) is 0 Å². The summed E-state index contributed by atoms with van der Waals surface area (Å²) in [5.41, 5.74) is 2.81. The molecule has 1 fully saturated rings. The number of carbonyl (C=O) groups excluding carboxylic acids is 2. The maximum Gasteiger partial charge on any atom is 0.222 e. The van der Waals surface area contributed by atoms with E-state index >= 15 is 0 Å². The van der Waals surface area contributed by atoms with E-state index in [1.54, 1.807) is 4.90 Å². The predicted octanol–water partition coefficient (Wildman–Crippen LogP) is 2.23.